The Hall–Kier alpha value is -2.11. The van der Waals surface area contributed by atoms with E-state index in [0.29, 0.717) is 6.42 Å². The first-order valence-electron chi connectivity index (χ1n) is 7.89. The lowest BCUT2D eigenvalue weighted by Crippen LogP contribution is -2.48. The number of piperazine rings is 1. The number of unbranched alkanes of at least 4 members (excludes halogenated alkanes) is 2. The van der Waals surface area contributed by atoms with E-state index in [0.717, 1.165) is 51.1 Å². The van der Waals surface area contributed by atoms with Crippen LogP contribution in [0.15, 0.2) is 24.3 Å². The Morgan fingerprint density at radius 1 is 1.14 bits per heavy atom. The second kappa shape index (κ2) is 7.77. The van der Waals surface area contributed by atoms with Gasteiger partial charge in [0.25, 0.3) is 5.69 Å². The summed E-state index contributed by atoms with van der Waals surface area (Å²) < 4.78 is 0. The number of nitro groups is 1. The van der Waals surface area contributed by atoms with Gasteiger partial charge in [-0.05, 0) is 18.6 Å². The molecule has 1 saturated heterocycles. The summed E-state index contributed by atoms with van der Waals surface area (Å²) in [6, 6.07) is 6.60. The highest BCUT2D eigenvalue weighted by Crippen LogP contribution is 2.20. The van der Waals surface area contributed by atoms with Crippen molar-refractivity contribution in [3.05, 3.63) is 34.4 Å². The number of rotatable bonds is 6. The highest BCUT2D eigenvalue weighted by molar-refractivity contribution is 5.76. The van der Waals surface area contributed by atoms with Crippen LogP contribution in [0.25, 0.3) is 0 Å². The molecular formula is C16H23N3O3. The van der Waals surface area contributed by atoms with Gasteiger partial charge in [-0.3, -0.25) is 14.9 Å². The predicted molar refractivity (Wildman–Crippen MR) is 86.0 cm³/mol. The summed E-state index contributed by atoms with van der Waals surface area (Å²) in [5, 5.41) is 10.7. The number of carbonyl (C=O) groups is 1. The van der Waals surface area contributed by atoms with Gasteiger partial charge in [-0.1, -0.05) is 19.8 Å². The van der Waals surface area contributed by atoms with E-state index in [9.17, 15) is 14.9 Å². The number of anilines is 1. The quantitative estimate of drug-likeness (QED) is 0.460. The number of hydrogen-bond donors (Lipinski definition) is 0. The third kappa shape index (κ3) is 4.19. The summed E-state index contributed by atoms with van der Waals surface area (Å²) in [5.74, 6) is 0.247. The normalized spacial score (nSPS) is 15.0. The van der Waals surface area contributed by atoms with Gasteiger partial charge in [0.1, 0.15) is 0 Å². The Labute approximate surface area is 130 Å². The number of nitrogens with zero attached hydrogens (tertiary/aromatic N) is 3. The summed E-state index contributed by atoms with van der Waals surface area (Å²) in [6.45, 7) is 5.13. The largest absolute Gasteiger partial charge is 0.368 e. The van der Waals surface area contributed by atoms with E-state index in [1.165, 1.54) is 12.1 Å². The third-order valence-electron chi connectivity index (χ3n) is 4.05. The van der Waals surface area contributed by atoms with E-state index in [4.69, 9.17) is 0 Å². The SMILES string of the molecule is CCCCCC(=O)N1CCN(c2ccc([N+](=O)[O-])cc2)CC1. The van der Waals surface area contributed by atoms with Gasteiger partial charge in [-0.25, -0.2) is 0 Å². The molecule has 1 fully saturated rings. The van der Waals surface area contributed by atoms with Gasteiger partial charge in [0.2, 0.25) is 5.91 Å². The molecule has 6 heteroatoms. The molecule has 6 nitrogen and oxygen atoms in total. The van der Waals surface area contributed by atoms with Crippen LogP contribution >= 0.6 is 0 Å². The van der Waals surface area contributed by atoms with E-state index >= 15 is 0 Å². The van der Waals surface area contributed by atoms with Crippen molar-refractivity contribution in [2.45, 2.75) is 32.6 Å². The van der Waals surface area contributed by atoms with Crippen LogP contribution in [0.4, 0.5) is 11.4 Å². The molecule has 0 saturated carbocycles. The van der Waals surface area contributed by atoms with Crippen LogP contribution < -0.4 is 4.90 Å². The molecule has 1 aromatic rings. The van der Waals surface area contributed by atoms with E-state index in [-0.39, 0.29) is 11.6 Å². The Bertz CT molecular complexity index is 508. The van der Waals surface area contributed by atoms with Gasteiger partial charge < -0.3 is 9.80 Å². The molecule has 0 N–H and O–H groups in total. The van der Waals surface area contributed by atoms with E-state index in [1.54, 1.807) is 12.1 Å². The van der Waals surface area contributed by atoms with Crippen LogP contribution in [0.3, 0.4) is 0 Å². The van der Waals surface area contributed by atoms with Gasteiger partial charge in [-0.15, -0.1) is 0 Å². The highest BCUT2D eigenvalue weighted by Gasteiger charge is 2.21. The molecule has 0 aliphatic carbocycles. The molecule has 0 bridgehead atoms. The maximum absolute atomic E-state index is 12.1. The van der Waals surface area contributed by atoms with E-state index in [1.807, 2.05) is 4.90 Å². The zero-order valence-corrected chi connectivity index (χ0v) is 13.0. The smallest absolute Gasteiger partial charge is 0.269 e. The maximum atomic E-state index is 12.1. The molecule has 1 heterocycles. The molecule has 1 aromatic carbocycles. The maximum Gasteiger partial charge on any atom is 0.269 e. The van der Waals surface area contributed by atoms with Crippen molar-refractivity contribution in [2.75, 3.05) is 31.1 Å². The zero-order valence-electron chi connectivity index (χ0n) is 13.0. The van der Waals surface area contributed by atoms with Crippen LogP contribution in [-0.2, 0) is 4.79 Å². The standard InChI is InChI=1S/C16H23N3O3/c1-2-3-4-5-16(20)18-12-10-17(11-13-18)14-6-8-15(9-7-14)19(21)22/h6-9H,2-5,10-13H2,1H3. The first-order chi connectivity index (χ1) is 10.6. The van der Waals surface area contributed by atoms with Crippen LogP contribution in [0, 0.1) is 10.1 Å². The minimum atomic E-state index is -0.392. The molecule has 22 heavy (non-hydrogen) atoms. The van der Waals surface area contributed by atoms with Gasteiger partial charge >= 0.3 is 0 Å². The molecule has 0 radical (unpaired) electrons. The molecular weight excluding hydrogens is 282 g/mol. The molecule has 0 spiro atoms. The number of nitro benzene ring substituents is 1. The van der Waals surface area contributed by atoms with Gasteiger partial charge in [0.15, 0.2) is 0 Å². The fourth-order valence-electron chi connectivity index (χ4n) is 2.68. The Morgan fingerprint density at radius 3 is 2.32 bits per heavy atom. The molecule has 2 rings (SSSR count). The lowest BCUT2D eigenvalue weighted by Gasteiger charge is -2.36. The van der Waals surface area contributed by atoms with Crippen LogP contribution in [0.2, 0.25) is 0 Å². The minimum Gasteiger partial charge on any atom is -0.368 e. The molecule has 120 valence electrons. The zero-order chi connectivity index (χ0) is 15.9. The molecule has 1 amide bonds. The van der Waals surface area contributed by atoms with Crippen molar-refractivity contribution in [1.29, 1.82) is 0 Å². The highest BCUT2D eigenvalue weighted by atomic mass is 16.6. The summed E-state index contributed by atoms with van der Waals surface area (Å²) in [6.07, 6.45) is 3.85. The van der Waals surface area contributed by atoms with Crippen molar-refractivity contribution >= 4 is 17.3 Å². The van der Waals surface area contributed by atoms with E-state index in [2.05, 4.69) is 11.8 Å². The second-order valence-electron chi connectivity index (χ2n) is 5.60. The Kier molecular flexibility index (Phi) is 5.75. The molecule has 1 aliphatic rings. The number of benzene rings is 1. The monoisotopic (exact) mass is 305 g/mol. The topological polar surface area (TPSA) is 66.7 Å². The minimum absolute atomic E-state index is 0.105. The summed E-state index contributed by atoms with van der Waals surface area (Å²) >= 11 is 0. The van der Waals surface area contributed by atoms with E-state index < -0.39 is 4.92 Å². The molecule has 0 aromatic heterocycles. The second-order valence-corrected chi connectivity index (χ2v) is 5.60. The number of carbonyl (C=O) groups excluding carboxylic acids is 1. The van der Waals surface area contributed by atoms with Crippen LogP contribution in [-0.4, -0.2) is 41.9 Å². The predicted octanol–water partition coefficient (Wildman–Crippen LogP) is 2.82. The molecule has 1 aliphatic heterocycles. The van der Waals surface area contributed by atoms with Crippen LogP contribution in [0.5, 0.6) is 0 Å². The Morgan fingerprint density at radius 2 is 1.77 bits per heavy atom. The van der Waals surface area contributed by atoms with Crippen LogP contribution in [0.1, 0.15) is 32.6 Å². The van der Waals surface area contributed by atoms with Gasteiger partial charge in [-0.2, -0.15) is 0 Å². The fraction of sp³-hybridized carbons (Fsp3) is 0.562. The lowest BCUT2D eigenvalue weighted by atomic mass is 10.1. The molecule has 0 atom stereocenters. The summed E-state index contributed by atoms with van der Waals surface area (Å²) in [7, 11) is 0. The lowest BCUT2D eigenvalue weighted by molar-refractivity contribution is -0.384. The number of non-ortho nitro benzene ring substituents is 1. The Balaban J connectivity index is 1.83. The summed E-state index contributed by atoms with van der Waals surface area (Å²) in [4.78, 5) is 26.4. The van der Waals surface area contributed by atoms with Crippen molar-refractivity contribution in [1.82, 2.24) is 4.90 Å². The fourth-order valence-corrected chi connectivity index (χ4v) is 2.68. The van der Waals surface area contributed by atoms with Crippen molar-refractivity contribution < 1.29 is 9.72 Å². The average Bonchev–Trinajstić information content (AvgIpc) is 2.55. The average molecular weight is 305 g/mol. The molecule has 0 unspecified atom stereocenters. The number of hydrogen-bond acceptors (Lipinski definition) is 4. The number of amides is 1. The first-order valence-corrected chi connectivity index (χ1v) is 7.89. The third-order valence-corrected chi connectivity index (χ3v) is 4.05. The van der Waals surface area contributed by atoms with Crippen molar-refractivity contribution in [3.63, 3.8) is 0 Å². The summed E-state index contributed by atoms with van der Waals surface area (Å²) in [5.41, 5.74) is 1.08. The van der Waals surface area contributed by atoms with Crippen molar-refractivity contribution in [2.24, 2.45) is 0 Å². The first kappa shape index (κ1) is 16.3. The van der Waals surface area contributed by atoms with Crippen molar-refractivity contribution in [3.8, 4) is 0 Å². The van der Waals surface area contributed by atoms with Gasteiger partial charge in [0, 0.05) is 50.4 Å². The van der Waals surface area contributed by atoms with Gasteiger partial charge in [0.05, 0.1) is 4.92 Å².